The highest BCUT2D eigenvalue weighted by Gasteiger charge is 2.25. The lowest BCUT2D eigenvalue weighted by Gasteiger charge is -2.33. The zero-order chi connectivity index (χ0) is 18.2. The highest BCUT2D eigenvalue weighted by atomic mass is 16.2. The molecular weight excluding hydrogens is 326 g/mol. The van der Waals surface area contributed by atoms with Gasteiger partial charge in [-0.25, -0.2) is 4.79 Å². The largest absolute Gasteiger partial charge is 0.343 e. The number of carbonyl (C=O) groups is 2. The van der Waals surface area contributed by atoms with Crippen LogP contribution in [0.5, 0.6) is 0 Å². The van der Waals surface area contributed by atoms with Crippen molar-refractivity contribution in [3.05, 3.63) is 30.3 Å². The lowest BCUT2D eigenvalue weighted by atomic mass is 9.93. The van der Waals surface area contributed by atoms with Crippen molar-refractivity contribution in [3.63, 3.8) is 0 Å². The van der Waals surface area contributed by atoms with Gasteiger partial charge < -0.3 is 15.1 Å². The summed E-state index contributed by atoms with van der Waals surface area (Å²) >= 11 is 0. The van der Waals surface area contributed by atoms with Gasteiger partial charge in [0, 0.05) is 38.3 Å². The molecule has 2 heterocycles. The molecule has 1 aromatic carbocycles. The number of piperidine rings is 1. The second-order valence-electron chi connectivity index (χ2n) is 7.58. The van der Waals surface area contributed by atoms with Gasteiger partial charge in [0.2, 0.25) is 5.91 Å². The maximum Gasteiger partial charge on any atom is 0.321 e. The molecular formula is C21H31N3O2. The molecule has 0 spiro atoms. The van der Waals surface area contributed by atoms with E-state index in [2.05, 4.69) is 10.2 Å². The predicted octanol–water partition coefficient (Wildman–Crippen LogP) is 4.11. The molecule has 1 N–H and O–H groups in total. The van der Waals surface area contributed by atoms with Crippen LogP contribution in [0.3, 0.4) is 0 Å². The van der Waals surface area contributed by atoms with Crippen LogP contribution < -0.4 is 5.32 Å². The topological polar surface area (TPSA) is 52.7 Å². The van der Waals surface area contributed by atoms with E-state index in [1.807, 2.05) is 35.2 Å². The summed E-state index contributed by atoms with van der Waals surface area (Å²) in [6, 6.07) is 9.55. The van der Waals surface area contributed by atoms with Gasteiger partial charge >= 0.3 is 6.03 Å². The molecule has 2 aliphatic heterocycles. The first-order valence-corrected chi connectivity index (χ1v) is 10.1. The summed E-state index contributed by atoms with van der Waals surface area (Å²) < 4.78 is 0. The first kappa shape index (κ1) is 18.7. The number of nitrogens with one attached hydrogen (secondary N) is 1. The van der Waals surface area contributed by atoms with Gasteiger partial charge in [0.05, 0.1) is 0 Å². The van der Waals surface area contributed by atoms with Gasteiger partial charge in [-0.2, -0.15) is 0 Å². The maximum atomic E-state index is 12.5. The Kier molecular flexibility index (Phi) is 6.92. The fourth-order valence-electron chi connectivity index (χ4n) is 4.01. The zero-order valence-electron chi connectivity index (χ0n) is 15.7. The van der Waals surface area contributed by atoms with Gasteiger partial charge in [-0.1, -0.05) is 31.0 Å². The highest BCUT2D eigenvalue weighted by molar-refractivity contribution is 5.89. The second kappa shape index (κ2) is 9.60. The number of rotatable bonds is 4. The SMILES string of the molecule is O=C(CCC1CCCN(C(=O)Nc2ccccc2)C1)N1CCCCCC1. The van der Waals surface area contributed by atoms with Gasteiger partial charge in [-0.15, -0.1) is 0 Å². The summed E-state index contributed by atoms with van der Waals surface area (Å²) in [7, 11) is 0. The molecule has 2 aliphatic rings. The normalized spacial score (nSPS) is 21.2. The number of likely N-dealkylation sites (tertiary alicyclic amines) is 2. The standard InChI is InChI=1S/C21H31N3O2/c25-20(23-14-6-1-2-7-15-23)13-12-18-9-8-16-24(17-18)21(26)22-19-10-4-3-5-11-19/h3-5,10-11,18H,1-2,6-9,12-17H2,(H,22,26). The highest BCUT2D eigenvalue weighted by Crippen LogP contribution is 2.23. The Morgan fingerprint density at radius 3 is 2.35 bits per heavy atom. The van der Waals surface area contributed by atoms with Crippen LogP contribution in [0.4, 0.5) is 10.5 Å². The Hall–Kier alpha value is -2.04. The molecule has 3 rings (SSSR count). The number of anilines is 1. The van der Waals surface area contributed by atoms with E-state index in [4.69, 9.17) is 0 Å². The minimum atomic E-state index is -0.0280. The summed E-state index contributed by atoms with van der Waals surface area (Å²) in [4.78, 5) is 28.9. The van der Waals surface area contributed by atoms with Crippen molar-refractivity contribution in [3.8, 4) is 0 Å². The van der Waals surface area contributed by atoms with E-state index >= 15 is 0 Å². The van der Waals surface area contributed by atoms with E-state index < -0.39 is 0 Å². The predicted molar refractivity (Wildman–Crippen MR) is 104 cm³/mol. The van der Waals surface area contributed by atoms with Crippen molar-refractivity contribution in [1.29, 1.82) is 0 Å². The van der Waals surface area contributed by atoms with E-state index in [1.54, 1.807) is 0 Å². The van der Waals surface area contributed by atoms with Crippen molar-refractivity contribution >= 4 is 17.6 Å². The van der Waals surface area contributed by atoms with Crippen LogP contribution in [0.2, 0.25) is 0 Å². The summed E-state index contributed by atoms with van der Waals surface area (Å²) in [5.41, 5.74) is 0.830. The van der Waals surface area contributed by atoms with Crippen molar-refractivity contribution in [2.45, 2.75) is 51.4 Å². The minimum absolute atomic E-state index is 0.0280. The van der Waals surface area contributed by atoms with Gasteiger partial charge in [-0.3, -0.25) is 4.79 Å². The molecule has 26 heavy (non-hydrogen) atoms. The molecule has 3 amide bonds. The first-order valence-electron chi connectivity index (χ1n) is 10.1. The monoisotopic (exact) mass is 357 g/mol. The van der Waals surface area contributed by atoms with Crippen molar-refractivity contribution in [1.82, 2.24) is 9.80 Å². The van der Waals surface area contributed by atoms with Crippen molar-refractivity contribution in [2.75, 3.05) is 31.5 Å². The zero-order valence-corrected chi connectivity index (χ0v) is 15.7. The number of benzene rings is 1. The van der Waals surface area contributed by atoms with Crippen LogP contribution in [-0.2, 0) is 4.79 Å². The van der Waals surface area contributed by atoms with Gasteiger partial charge in [0.1, 0.15) is 0 Å². The smallest absolute Gasteiger partial charge is 0.321 e. The molecule has 2 saturated heterocycles. The van der Waals surface area contributed by atoms with Gasteiger partial charge in [0.15, 0.2) is 0 Å². The molecule has 0 bridgehead atoms. The van der Waals surface area contributed by atoms with Crippen LogP contribution in [0, 0.1) is 5.92 Å². The van der Waals surface area contributed by atoms with E-state index in [0.717, 1.165) is 64.0 Å². The fraction of sp³-hybridized carbons (Fsp3) is 0.619. The third-order valence-electron chi connectivity index (χ3n) is 5.56. The third-order valence-corrected chi connectivity index (χ3v) is 5.56. The molecule has 1 aromatic rings. The van der Waals surface area contributed by atoms with E-state index in [9.17, 15) is 9.59 Å². The Balaban J connectivity index is 1.44. The van der Waals surface area contributed by atoms with Crippen molar-refractivity contribution in [2.24, 2.45) is 5.92 Å². The van der Waals surface area contributed by atoms with Crippen LogP contribution in [0.1, 0.15) is 51.4 Å². The molecule has 0 aliphatic carbocycles. The molecule has 5 nitrogen and oxygen atoms in total. The lowest BCUT2D eigenvalue weighted by molar-refractivity contribution is -0.131. The van der Waals surface area contributed by atoms with Crippen LogP contribution in [0.25, 0.3) is 0 Å². The van der Waals surface area contributed by atoms with Crippen LogP contribution in [0.15, 0.2) is 30.3 Å². The average Bonchev–Trinajstić information content (AvgIpc) is 2.97. The Labute approximate surface area is 156 Å². The van der Waals surface area contributed by atoms with Gasteiger partial charge in [0.25, 0.3) is 0 Å². The summed E-state index contributed by atoms with van der Waals surface area (Å²) in [6.07, 6.45) is 8.43. The summed E-state index contributed by atoms with van der Waals surface area (Å²) in [5, 5.41) is 2.97. The minimum Gasteiger partial charge on any atom is -0.343 e. The average molecular weight is 357 g/mol. The molecule has 5 heteroatoms. The second-order valence-corrected chi connectivity index (χ2v) is 7.58. The number of urea groups is 1. The first-order chi connectivity index (χ1) is 12.7. The molecule has 0 radical (unpaired) electrons. The van der Waals surface area contributed by atoms with Crippen LogP contribution in [-0.4, -0.2) is 47.9 Å². The number of carbonyl (C=O) groups excluding carboxylic acids is 2. The van der Waals surface area contributed by atoms with Gasteiger partial charge in [-0.05, 0) is 50.2 Å². The Bertz CT molecular complexity index is 582. The maximum absolute atomic E-state index is 12.5. The quantitative estimate of drug-likeness (QED) is 0.881. The molecule has 2 fully saturated rings. The Morgan fingerprint density at radius 1 is 0.923 bits per heavy atom. The summed E-state index contributed by atoms with van der Waals surface area (Å²) in [5.74, 6) is 0.735. The number of nitrogens with zero attached hydrogens (tertiary/aromatic N) is 2. The Morgan fingerprint density at radius 2 is 1.62 bits per heavy atom. The van der Waals surface area contributed by atoms with Crippen molar-refractivity contribution < 1.29 is 9.59 Å². The molecule has 0 saturated carbocycles. The fourth-order valence-corrected chi connectivity index (χ4v) is 4.01. The summed E-state index contributed by atoms with van der Waals surface area (Å²) in [6.45, 7) is 3.41. The number of amides is 3. The van der Waals surface area contributed by atoms with E-state index in [-0.39, 0.29) is 6.03 Å². The molecule has 1 atom stereocenters. The molecule has 0 aromatic heterocycles. The third kappa shape index (κ3) is 5.48. The molecule has 142 valence electrons. The number of hydrogen-bond donors (Lipinski definition) is 1. The van der Waals surface area contributed by atoms with Crippen LogP contribution >= 0.6 is 0 Å². The number of hydrogen-bond acceptors (Lipinski definition) is 2. The van der Waals surface area contributed by atoms with E-state index in [1.165, 1.54) is 12.8 Å². The van der Waals surface area contributed by atoms with E-state index in [0.29, 0.717) is 18.2 Å². The lowest BCUT2D eigenvalue weighted by Crippen LogP contribution is -2.42. The number of para-hydroxylation sites is 1. The molecule has 1 unspecified atom stereocenters.